The largest absolute Gasteiger partial charge is 0.466 e. The number of carbonyl (C=O) groups excluding carboxylic acids is 2. The van der Waals surface area contributed by atoms with Crippen LogP contribution in [-0.2, 0) is 14.3 Å². The quantitative estimate of drug-likeness (QED) is 0.0321. The van der Waals surface area contributed by atoms with Gasteiger partial charge in [-0.05, 0) is 77.0 Å². The molecule has 0 aromatic carbocycles. The Morgan fingerprint density at radius 2 is 0.800 bits per heavy atom. The van der Waals surface area contributed by atoms with E-state index in [-0.39, 0.29) is 18.5 Å². The molecule has 3 N–H and O–H groups in total. The van der Waals surface area contributed by atoms with E-state index < -0.39 is 12.1 Å². The van der Waals surface area contributed by atoms with Crippen LogP contribution < -0.4 is 5.32 Å². The summed E-state index contributed by atoms with van der Waals surface area (Å²) in [5.41, 5.74) is 0. The molecule has 0 aliphatic heterocycles. The predicted octanol–water partition coefficient (Wildman–Crippen LogP) is 17.6. The van der Waals surface area contributed by atoms with Crippen molar-refractivity contribution >= 4 is 11.9 Å². The van der Waals surface area contributed by atoms with E-state index in [0.717, 1.165) is 51.4 Å². The van der Waals surface area contributed by atoms with Crippen LogP contribution in [0.4, 0.5) is 0 Å². The lowest BCUT2D eigenvalue weighted by Gasteiger charge is -2.22. The lowest BCUT2D eigenvalue weighted by Crippen LogP contribution is -2.45. The number of unbranched alkanes of at least 4 members (excludes halogenated alkanes) is 36. The molecule has 2 unspecified atom stereocenters. The summed E-state index contributed by atoms with van der Waals surface area (Å²) in [6, 6.07) is -0.541. The van der Waals surface area contributed by atoms with Crippen LogP contribution in [0.5, 0.6) is 0 Å². The predicted molar refractivity (Wildman–Crippen MR) is 283 cm³/mol. The number of nitrogens with one attached hydrogen (secondary N) is 1. The van der Waals surface area contributed by atoms with Gasteiger partial charge in [0.25, 0.3) is 0 Å². The summed E-state index contributed by atoms with van der Waals surface area (Å²) < 4.78 is 5.46. The Morgan fingerprint density at radius 1 is 0.431 bits per heavy atom. The van der Waals surface area contributed by atoms with E-state index in [2.05, 4.69) is 55.6 Å². The lowest BCUT2D eigenvalue weighted by atomic mass is 10.0. The Bertz CT molecular complexity index is 1060. The monoisotopic (exact) mass is 914 g/mol. The number of carbonyl (C=O) groups is 2. The van der Waals surface area contributed by atoms with Gasteiger partial charge in [0.1, 0.15) is 0 Å². The van der Waals surface area contributed by atoms with Gasteiger partial charge < -0.3 is 20.3 Å². The molecular weight excluding hydrogens is 803 g/mol. The molecule has 0 saturated heterocycles. The fourth-order valence-electron chi connectivity index (χ4n) is 8.73. The number of hydrogen-bond donors (Lipinski definition) is 3. The van der Waals surface area contributed by atoms with Gasteiger partial charge in [0.05, 0.1) is 25.4 Å². The van der Waals surface area contributed by atoms with Gasteiger partial charge in [-0.25, -0.2) is 0 Å². The summed E-state index contributed by atoms with van der Waals surface area (Å²) in [6.07, 6.45) is 67.3. The maximum atomic E-state index is 12.4. The molecule has 0 aliphatic carbocycles. The van der Waals surface area contributed by atoms with Gasteiger partial charge in [0, 0.05) is 12.8 Å². The van der Waals surface area contributed by atoms with Crippen LogP contribution in [0.2, 0.25) is 0 Å². The smallest absolute Gasteiger partial charge is 0.305 e. The number of aliphatic hydroxyl groups is 2. The molecule has 0 aromatic heterocycles. The molecule has 0 saturated carbocycles. The molecule has 0 rings (SSSR count). The minimum absolute atomic E-state index is 0.00152. The average molecular weight is 915 g/mol. The molecule has 0 fully saturated rings. The molecule has 0 heterocycles. The van der Waals surface area contributed by atoms with Crippen molar-refractivity contribution < 1.29 is 24.5 Å². The minimum Gasteiger partial charge on any atom is -0.466 e. The summed E-state index contributed by atoms with van der Waals surface area (Å²) in [5, 5.41) is 23.1. The second kappa shape index (κ2) is 54.7. The number of ether oxygens (including phenoxy) is 1. The molecule has 0 spiro atoms. The molecule has 6 nitrogen and oxygen atoms in total. The Balaban J connectivity index is 3.37. The van der Waals surface area contributed by atoms with Gasteiger partial charge in [0.2, 0.25) is 5.91 Å². The van der Waals surface area contributed by atoms with Crippen molar-refractivity contribution in [2.24, 2.45) is 0 Å². The number of amides is 1. The zero-order valence-corrected chi connectivity index (χ0v) is 43.5. The van der Waals surface area contributed by atoms with Crippen LogP contribution in [0.1, 0.15) is 303 Å². The Morgan fingerprint density at radius 3 is 1.25 bits per heavy atom. The highest BCUT2D eigenvalue weighted by atomic mass is 16.5. The Kier molecular flexibility index (Phi) is 53.1. The normalized spacial score (nSPS) is 12.9. The van der Waals surface area contributed by atoms with Gasteiger partial charge in [0.15, 0.2) is 0 Å². The highest BCUT2D eigenvalue weighted by Crippen LogP contribution is 2.17. The van der Waals surface area contributed by atoms with Crippen LogP contribution in [0, 0.1) is 0 Å². The standard InChI is InChI=1S/C59H111NO5/c1-3-5-7-9-11-13-14-29-33-37-41-45-49-53-59(64)65-54-50-46-42-38-34-31-28-26-24-22-20-18-16-15-17-19-21-23-25-27-30-32-36-40-44-48-52-58(63)60-56(55-61)57(62)51-47-43-39-35-12-10-8-6-4-2/h7,9,13-15,17,56-57,61-62H,3-6,8,10-12,16,18-55H2,1-2H3,(H,60,63)/b9-7-,14-13-,17-15-. The average Bonchev–Trinajstić information content (AvgIpc) is 3.31. The fourth-order valence-corrected chi connectivity index (χ4v) is 8.73. The van der Waals surface area contributed by atoms with E-state index >= 15 is 0 Å². The second-order valence-corrected chi connectivity index (χ2v) is 19.6. The highest BCUT2D eigenvalue weighted by Gasteiger charge is 2.20. The van der Waals surface area contributed by atoms with Gasteiger partial charge in [-0.1, -0.05) is 249 Å². The molecule has 65 heavy (non-hydrogen) atoms. The van der Waals surface area contributed by atoms with Crippen molar-refractivity contribution in [3.05, 3.63) is 36.5 Å². The van der Waals surface area contributed by atoms with E-state index in [1.54, 1.807) is 0 Å². The van der Waals surface area contributed by atoms with Crippen LogP contribution in [-0.4, -0.2) is 47.4 Å². The number of rotatable bonds is 53. The number of allylic oxidation sites excluding steroid dienone is 6. The first-order valence-corrected chi connectivity index (χ1v) is 28.7. The molecule has 6 heteroatoms. The van der Waals surface area contributed by atoms with Crippen LogP contribution >= 0.6 is 0 Å². The second-order valence-electron chi connectivity index (χ2n) is 19.6. The molecule has 0 aromatic rings. The highest BCUT2D eigenvalue weighted by molar-refractivity contribution is 5.76. The third-order valence-electron chi connectivity index (χ3n) is 13.1. The maximum Gasteiger partial charge on any atom is 0.305 e. The van der Waals surface area contributed by atoms with E-state index in [4.69, 9.17) is 4.74 Å². The summed E-state index contributed by atoms with van der Waals surface area (Å²) in [6.45, 7) is 4.86. The van der Waals surface area contributed by atoms with Crippen molar-refractivity contribution in [2.45, 2.75) is 315 Å². The van der Waals surface area contributed by atoms with Gasteiger partial charge in [-0.15, -0.1) is 0 Å². The first-order chi connectivity index (χ1) is 32.0. The first kappa shape index (κ1) is 63.1. The molecule has 0 radical (unpaired) electrons. The van der Waals surface area contributed by atoms with E-state index in [9.17, 15) is 19.8 Å². The van der Waals surface area contributed by atoms with Gasteiger partial charge in [-0.3, -0.25) is 9.59 Å². The van der Waals surface area contributed by atoms with Crippen LogP contribution in [0.25, 0.3) is 0 Å². The lowest BCUT2D eigenvalue weighted by molar-refractivity contribution is -0.143. The number of hydrogen-bond acceptors (Lipinski definition) is 5. The Hall–Kier alpha value is -1.92. The van der Waals surface area contributed by atoms with Crippen molar-refractivity contribution in [1.29, 1.82) is 0 Å². The summed E-state index contributed by atoms with van der Waals surface area (Å²) in [5.74, 6) is -0.0409. The summed E-state index contributed by atoms with van der Waals surface area (Å²) >= 11 is 0. The maximum absolute atomic E-state index is 12.4. The topological polar surface area (TPSA) is 95.9 Å². The number of aliphatic hydroxyl groups excluding tert-OH is 2. The van der Waals surface area contributed by atoms with E-state index in [1.807, 2.05) is 0 Å². The minimum atomic E-state index is -0.663. The SMILES string of the molecule is CCC/C=C\C/C=C\CCCCCCCC(=O)OCCCCCCCCCCCCCC/C=C\CCCCCCCCCCCCC(=O)NC(CO)C(O)CCCCCCCCCCC. The fraction of sp³-hybridized carbons (Fsp3) is 0.864. The van der Waals surface area contributed by atoms with Crippen LogP contribution in [0.3, 0.4) is 0 Å². The summed E-state index contributed by atoms with van der Waals surface area (Å²) in [4.78, 5) is 24.4. The molecule has 0 aliphatic rings. The van der Waals surface area contributed by atoms with Crippen LogP contribution in [0.15, 0.2) is 36.5 Å². The van der Waals surface area contributed by atoms with Gasteiger partial charge in [-0.2, -0.15) is 0 Å². The van der Waals surface area contributed by atoms with Gasteiger partial charge >= 0.3 is 5.97 Å². The molecule has 382 valence electrons. The number of esters is 1. The Labute approximate surface area is 404 Å². The van der Waals surface area contributed by atoms with Crippen molar-refractivity contribution in [2.75, 3.05) is 13.2 Å². The molecular formula is C59H111NO5. The van der Waals surface area contributed by atoms with Crippen molar-refractivity contribution in [3.63, 3.8) is 0 Å². The van der Waals surface area contributed by atoms with E-state index in [0.29, 0.717) is 25.9 Å². The van der Waals surface area contributed by atoms with E-state index in [1.165, 1.54) is 218 Å². The molecule has 0 bridgehead atoms. The zero-order valence-electron chi connectivity index (χ0n) is 43.5. The summed E-state index contributed by atoms with van der Waals surface area (Å²) in [7, 11) is 0. The third kappa shape index (κ3) is 51.3. The molecule has 2 atom stereocenters. The third-order valence-corrected chi connectivity index (χ3v) is 13.1. The van der Waals surface area contributed by atoms with Crippen molar-refractivity contribution in [3.8, 4) is 0 Å². The zero-order chi connectivity index (χ0) is 47.2. The molecule has 1 amide bonds. The first-order valence-electron chi connectivity index (χ1n) is 28.7. The van der Waals surface area contributed by atoms with Crippen molar-refractivity contribution in [1.82, 2.24) is 5.32 Å².